The van der Waals surface area contributed by atoms with Crippen LogP contribution in [0.2, 0.25) is 0 Å². The summed E-state index contributed by atoms with van der Waals surface area (Å²) in [7, 11) is -3.50. The summed E-state index contributed by atoms with van der Waals surface area (Å²) in [6.45, 7) is 3.39. The number of rotatable bonds is 5. The fourth-order valence-electron chi connectivity index (χ4n) is 3.86. The highest BCUT2D eigenvalue weighted by atomic mass is 32.2. The Morgan fingerprint density at radius 1 is 0.885 bits per heavy atom. The van der Waals surface area contributed by atoms with E-state index in [9.17, 15) is 8.42 Å². The van der Waals surface area contributed by atoms with Gasteiger partial charge in [0.25, 0.3) is 10.2 Å². The summed E-state index contributed by atoms with van der Waals surface area (Å²) in [4.78, 5) is 2.35. The van der Waals surface area contributed by atoms with Crippen molar-refractivity contribution in [1.82, 2.24) is 9.03 Å². The Kier molecular flexibility index (Phi) is 4.98. The molecule has 2 heterocycles. The molecule has 1 N–H and O–H groups in total. The number of anilines is 1. The highest BCUT2D eigenvalue weighted by Crippen LogP contribution is 2.25. The quantitative estimate of drug-likeness (QED) is 0.879. The average Bonchev–Trinajstić information content (AvgIpc) is 3.21. The van der Waals surface area contributed by atoms with Crippen LogP contribution >= 0.6 is 0 Å². The van der Waals surface area contributed by atoms with Crippen molar-refractivity contribution >= 4 is 15.9 Å². The summed E-state index contributed by atoms with van der Waals surface area (Å²) < 4.78 is 30.0. The van der Waals surface area contributed by atoms with E-state index in [4.69, 9.17) is 0 Å². The van der Waals surface area contributed by atoms with Gasteiger partial charge >= 0.3 is 0 Å². The topological polar surface area (TPSA) is 52.7 Å². The van der Waals surface area contributed by atoms with E-state index in [0.29, 0.717) is 19.6 Å². The van der Waals surface area contributed by atoms with Gasteiger partial charge in [0, 0.05) is 38.4 Å². The number of hydrogen-bond acceptors (Lipinski definition) is 3. The molecular formula is C20H25N3O2S. The number of hydrogen-bond donors (Lipinski definition) is 1. The van der Waals surface area contributed by atoms with Gasteiger partial charge in [-0.25, -0.2) is 0 Å². The third-order valence-corrected chi connectivity index (χ3v) is 6.82. The summed E-state index contributed by atoms with van der Waals surface area (Å²) in [5, 5.41) is 0. The molecule has 0 bridgehead atoms. The summed E-state index contributed by atoms with van der Waals surface area (Å²) >= 11 is 0. The van der Waals surface area contributed by atoms with Crippen molar-refractivity contribution in [1.29, 1.82) is 0 Å². The number of nitrogens with zero attached hydrogens (tertiary/aromatic N) is 2. The Labute approximate surface area is 155 Å². The van der Waals surface area contributed by atoms with Gasteiger partial charge in [-0.2, -0.15) is 17.4 Å². The Balaban J connectivity index is 1.46. The van der Waals surface area contributed by atoms with Crippen molar-refractivity contribution in [2.75, 3.05) is 24.5 Å². The summed E-state index contributed by atoms with van der Waals surface area (Å²) in [6, 6.07) is 16.2. The normalized spacial score (nSPS) is 18.1. The zero-order chi connectivity index (χ0) is 18.0. The molecule has 2 aromatic carbocycles. The van der Waals surface area contributed by atoms with Gasteiger partial charge in [0.1, 0.15) is 0 Å². The van der Waals surface area contributed by atoms with Crippen LogP contribution in [0.3, 0.4) is 0 Å². The largest absolute Gasteiger partial charge is 0.371 e. The minimum Gasteiger partial charge on any atom is -0.371 e. The molecule has 0 aromatic heterocycles. The van der Waals surface area contributed by atoms with Gasteiger partial charge < -0.3 is 4.90 Å². The third-order valence-electron chi connectivity index (χ3n) is 5.32. The lowest BCUT2D eigenvalue weighted by Crippen LogP contribution is -2.43. The molecule has 0 aliphatic carbocycles. The number of para-hydroxylation sites is 1. The molecule has 2 aromatic rings. The van der Waals surface area contributed by atoms with E-state index in [1.807, 2.05) is 36.4 Å². The SMILES string of the molecule is O=S(=O)(NCc1ccccc1N1CCCC1)N1CCc2ccccc2C1. The van der Waals surface area contributed by atoms with Gasteiger partial charge in [-0.15, -0.1) is 0 Å². The van der Waals surface area contributed by atoms with Gasteiger partial charge in [0.05, 0.1) is 0 Å². The second-order valence-corrected chi connectivity index (χ2v) is 8.76. The standard InChI is InChI=1S/C20H25N3O2S/c24-26(25,23-14-11-17-7-1-2-9-19(17)16-23)21-15-18-8-3-4-10-20(18)22-12-5-6-13-22/h1-4,7-10,21H,5-6,11-16H2. The van der Waals surface area contributed by atoms with Crippen LogP contribution in [-0.4, -0.2) is 32.4 Å². The van der Waals surface area contributed by atoms with Crippen LogP contribution < -0.4 is 9.62 Å². The molecule has 2 aliphatic rings. The van der Waals surface area contributed by atoms with Gasteiger partial charge in [-0.1, -0.05) is 42.5 Å². The highest BCUT2D eigenvalue weighted by Gasteiger charge is 2.26. The fourth-order valence-corrected chi connectivity index (χ4v) is 5.02. The van der Waals surface area contributed by atoms with E-state index >= 15 is 0 Å². The molecule has 0 unspecified atom stereocenters. The predicted octanol–water partition coefficient (Wildman–Crippen LogP) is 2.68. The van der Waals surface area contributed by atoms with E-state index in [2.05, 4.69) is 21.8 Å². The summed E-state index contributed by atoms with van der Waals surface area (Å²) in [5.74, 6) is 0. The molecule has 0 radical (unpaired) electrons. The van der Waals surface area contributed by atoms with Gasteiger partial charge in [-0.05, 0) is 42.0 Å². The molecule has 1 fully saturated rings. The fraction of sp³-hybridized carbons (Fsp3) is 0.400. The maximum Gasteiger partial charge on any atom is 0.280 e. The zero-order valence-corrected chi connectivity index (χ0v) is 15.7. The lowest BCUT2D eigenvalue weighted by atomic mass is 10.0. The minimum absolute atomic E-state index is 0.327. The van der Waals surface area contributed by atoms with Crippen LogP contribution in [0, 0.1) is 0 Å². The van der Waals surface area contributed by atoms with E-state index in [-0.39, 0.29) is 0 Å². The van der Waals surface area contributed by atoms with Crippen LogP contribution in [0.25, 0.3) is 0 Å². The van der Waals surface area contributed by atoms with Gasteiger partial charge in [-0.3, -0.25) is 0 Å². The summed E-state index contributed by atoms with van der Waals surface area (Å²) in [6.07, 6.45) is 3.17. The highest BCUT2D eigenvalue weighted by molar-refractivity contribution is 7.87. The molecule has 0 amide bonds. The van der Waals surface area contributed by atoms with Crippen molar-refractivity contribution in [2.45, 2.75) is 32.4 Å². The second-order valence-electron chi connectivity index (χ2n) is 7.00. The molecule has 6 heteroatoms. The molecule has 138 valence electrons. The Hall–Kier alpha value is -1.89. The Bertz CT molecular complexity index is 876. The first kappa shape index (κ1) is 17.5. The number of fused-ring (bicyclic) bond motifs is 1. The monoisotopic (exact) mass is 371 g/mol. The Morgan fingerprint density at radius 3 is 2.38 bits per heavy atom. The molecule has 4 rings (SSSR count). The van der Waals surface area contributed by atoms with E-state index in [1.54, 1.807) is 4.31 Å². The minimum atomic E-state index is -3.50. The predicted molar refractivity (Wildman–Crippen MR) is 104 cm³/mol. The van der Waals surface area contributed by atoms with E-state index in [1.165, 1.54) is 18.4 Å². The molecule has 0 saturated carbocycles. The molecule has 26 heavy (non-hydrogen) atoms. The molecule has 1 saturated heterocycles. The molecule has 5 nitrogen and oxygen atoms in total. The second kappa shape index (κ2) is 7.39. The van der Waals surface area contributed by atoms with Gasteiger partial charge in [0.15, 0.2) is 0 Å². The smallest absolute Gasteiger partial charge is 0.280 e. The van der Waals surface area contributed by atoms with Crippen LogP contribution in [0.1, 0.15) is 29.5 Å². The first-order chi connectivity index (χ1) is 12.6. The van der Waals surface area contributed by atoms with Crippen molar-refractivity contribution in [3.05, 3.63) is 65.2 Å². The maximum absolute atomic E-state index is 12.8. The lowest BCUT2D eigenvalue weighted by molar-refractivity contribution is 0.384. The van der Waals surface area contributed by atoms with E-state index < -0.39 is 10.2 Å². The number of benzene rings is 2. The van der Waals surface area contributed by atoms with Gasteiger partial charge in [0.2, 0.25) is 0 Å². The van der Waals surface area contributed by atoms with Crippen LogP contribution in [0.15, 0.2) is 48.5 Å². The first-order valence-corrected chi connectivity index (χ1v) is 10.7. The molecule has 0 spiro atoms. The molecule has 0 atom stereocenters. The van der Waals surface area contributed by atoms with Crippen molar-refractivity contribution in [3.8, 4) is 0 Å². The van der Waals surface area contributed by atoms with Crippen molar-refractivity contribution in [3.63, 3.8) is 0 Å². The van der Waals surface area contributed by atoms with Crippen LogP contribution in [-0.2, 0) is 29.7 Å². The maximum atomic E-state index is 12.8. The zero-order valence-electron chi connectivity index (χ0n) is 14.9. The summed E-state index contributed by atoms with van der Waals surface area (Å²) in [5.41, 5.74) is 4.53. The molecule has 2 aliphatic heterocycles. The third kappa shape index (κ3) is 3.63. The van der Waals surface area contributed by atoms with Crippen molar-refractivity contribution < 1.29 is 8.42 Å². The Morgan fingerprint density at radius 2 is 1.58 bits per heavy atom. The molecular weight excluding hydrogens is 346 g/mol. The number of nitrogens with one attached hydrogen (secondary N) is 1. The average molecular weight is 372 g/mol. The van der Waals surface area contributed by atoms with Crippen LogP contribution in [0.4, 0.5) is 5.69 Å². The van der Waals surface area contributed by atoms with Crippen LogP contribution in [0.5, 0.6) is 0 Å². The van der Waals surface area contributed by atoms with Crippen molar-refractivity contribution in [2.24, 2.45) is 0 Å². The lowest BCUT2D eigenvalue weighted by Gasteiger charge is -2.28. The first-order valence-electron chi connectivity index (χ1n) is 9.28. The van der Waals surface area contributed by atoms with E-state index in [0.717, 1.165) is 36.3 Å².